The summed E-state index contributed by atoms with van der Waals surface area (Å²) in [5.41, 5.74) is 1.84. The zero-order chi connectivity index (χ0) is 19.5. The van der Waals surface area contributed by atoms with Crippen molar-refractivity contribution in [3.8, 4) is 11.4 Å². The van der Waals surface area contributed by atoms with E-state index in [1.165, 1.54) is 11.8 Å². The lowest BCUT2D eigenvalue weighted by Crippen LogP contribution is -2.33. The Morgan fingerprint density at radius 3 is 3.11 bits per heavy atom. The molecule has 1 aliphatic rings. The molecule has 1 N–H and O–H groups in total. The third kappa shape index (κ3) is 4.34. The summed E-state index contributed by atoms with van der Waals surface area (Å²) in [5, 5.41) is 12.4. The molecule has 1 aliphatic heterocycles. The Balaban J connectivity index is 1.42. The Bertz CT molecular complexity index is 1010. The molecule has 0 saturated heterocycles. The van der Waals surface area contributed by atoms with Crippen LogP contribution in [0.5, 0.6) is 5.75 Å². The smallest absolute Gasteiger partial charge is 0.230 e. The molecule has 1 aromatic heterocycles. The van der Waals surface area contributed by atoms with E-state index < -0.39 is 0 Å². The standard InChI is InChI=1S/C19H16BrClN4O2S/c20-12-4-5-17-15(8-12)16(6-7-27-17)23-18(26)10-28-19-24-22-11-25(19)14-3-1-2-13(21)9-14/h1-5,8-9,11,16H,6-7,10H2,(H,23,26). The summed E-state index contributed by atoms with van der Waals surface area (Å²) in [6, 6.07) is 13.2. The first-order valence-corrected chi connectivity index (χ1v) is 10.8. The van der Waals surface area contributed by atoms with Crippen LogP contribution in [0.1, 0.15) is 18.0 Å². The molecule has 9 heteroatoms. The second-order valence-electron chi connectivity index (χ2n) is 6.19. The van der Waals surface area contributed by atoms with Crippen molar-refractivity contribution in [2.24, 2.45) is 0 Å². The Morgan fingerprint density at radius 2 is 2.25 bits per heavy atom. The highest BCUT2D eigenvalue weighted by Crippen LogP contribution is 2.34. The number of halogens is 2. The van der Waals surface area contributed by atoms with Crippen LogP contribution in [0.3, 0.4) is 0 Å². The van der Waals surface area contributed by atoms with Gasteiger partial charge in [0.25, 0.3) is 0 Å². The number of amides is 1. The fraction of sp³-hybridized carbons (Fsp3) is 0.211. The van der Waals surface area contributed by atoms with Crippen LogP contribution in [0, 0.1) is 0 Å². The average Bonchev–Trinajstić information content (AvgIpc) is 3.15. The van der Waals surface area contributed by atoms with Gasteiger partial charge in [-0.2, -0.15) is 0 Å². The molecule has 0 fully saturated rings. The minimum absolute atomic E-state index is 0.0662. The number of fused-ring (bicyclic) bond motifs is 1. The van der Waals surface area contributed by atoms with Crippen LogP contribution in [0.15, 0.2) is 58.4 Å². The summed E-state index contributed by atoms with van der Waals surface area (Å²) in [7, 11) is 0. The molecule has 0 spiro atoms. The maximum absolute atomic E-state index is 12.5. The number of ether oxygens (including phenoxy) is 1. The first-order valence-electron chi connectivity index (χ1n) is 8.60. The number of hydrogen-bond donors (Lipinski definition) is 1. The van der Waals surface area contributed by atoms with E-state index in [4.69, 9.17) is 16.3 Å². The molecule has 0 saturated carbocycles. The maximum atomic E-state index is 12.5. The topological polar surface area (TPSA) is 69.0 Å². The monoisotopic (exact) mass is 478 g/mol. The summed E-state index contributed by atoms with van der Waals surface area (Å²) in [6.07, 6.45) is 2.34. The lowest BCUT2D eigenvalue weighted by molar-refractivity contribution is -0.119. The number of thioether (sulfide) groups is 1. The molecule has 144 valence electrons. The van der Waals surface area contributed by atoms with Gasteiger partial charge in [0.2, 0.25) is 5.91 Å². The molecule has 0 bridgehead atoms. The molecule has 2 aromatic carbocycles. The number of nitrogens with zero attached hydrogens (tertiary/aromatic N) is 3. The summed E-state index contributed by atoms with van der Waals surface area (Å²) in [6.45, 7) is 0.579. The summed E-state index contributed by atoms with van der Waals surface area (Å²) in [4.78, 5) is 12.5. The highest BCUT2D eigenvalue weighted by Gasteiger charge is 2.23. The number of nitrogens with one attached hydrogen (secondary N) is 1. The molecule has 1 amide bonds. The van der Waals surface area contributed by atoms with Crippen LogP contribution < -0.4 is 10.1 Å². The van der Waals surface area contributed by atoms with Gasteiger partial charge in [-0.15, -0.1) is 10.2 Å². The highest BCUT2D eigenvalue weighted by atomic mass is 79.9. The Morgan fingerprint density at radius 1 is 1.36 bits per heavy atom. The van der Waals surface area contributed by atoms with Crippen molar-refractivity contribution in [3.05, 3.63) is 63.9 Å². The molecular weight excluding hydrogens is 464 g/mol. The minimum Gasteiger partial charge on any atom is -0.493 e. The number of aromatic nitrogens is 3. The number of carbonyl (C=O) groups excluding carboxylic acids is 1. The lowest BCUT2D eigenvalue weighted by atomic mass is 10.0. The van der Waals surface area contributed by atoms with Gasteiger partial charge in [0, 0.05) is 21.5 Å². The molecule has 2 heterocycles. The Kier molecular flexibility index (Phi) is 5.89. The SMILES string of the molecule is O=C(CSc1nncn1-c1cccc(Cl)c1)NC1CCOc2ccc(Br)cc21. The summed E-state index contributed by atoms with van der Waals surface area (Å²) >= 11 is 10.9. The Labute approximate surface area is 179 Å². The van der Waals surface area contributed by atoms with Crippen molar-refractivity contribution < 1.29 is 9.53 Å². The predicted molar refractivity (Wildman–Crippen MR) is 112 cm³/mol. The van der Waals surface area contributed by atoms with Gasteiger partial charge in [-0.3, -0.25) is 9.36 Å². The quantitative estimate of drug-likeness (QED) is 0.549. The molecule has 28 heavy (non-hydrogen) atoms. The number of hydrogen-bond acceptors (Lipinski definition) is 5. The van der Waals surface area contributed by atoms with Gasteiger partial charge in [-0.05, 0) is 36.4 Å². The lowest BCUT2D eigenvalue weighted by Gasteiger charge is -2.26. The predicted octanol–water partition coefficient (Wildman–Crippen LogP) is 4.42. The fourth-order valence-corrected chi connectivity index (χ4v) is 4.31. The molecule has 1 atom stereocenters. The van der Waals surface area contributed by atoms with Crippen molar-refractivity contribution in [2.75, 3.05) is 12.4 Å². The molecular formula is C19H16BrClN4O2S. The van der Waals surface area contributed by atoms with E-state index in [1.807, 2.05) is 41.0 Å². The normalized spacial score (nSPS) is 15.6. The van der Waals surface area contributed by atoms with Crippen LogP contribution in [0.2, 0.25) is 5.02 Å². The third-order valence-corrected chi connectivity index (χ3v) is 5.95. The zero-order valence-electron chi connectivity index (χ0n) is 14.6. The van der Waals surface area contributed by atoms with Gasteiger partial charge in [0.15, 0.2) is 5.16 Å². The molecule has 6 nitrogen and oxygen atoms in total. The van der Waals surface area contributed by atoms with Crippen LogP contribution in [-0.4, -0.2) is 33.0 Å². The van der Waals surface area contributed by atoms with Crippen LogP contribution in [0.4, 0.5) is 0 Å². The first kappa shape index (κ1) is 19.3. The zero-order valence-corrected chi connectivity index (χ0v) is 17.8. The van der Waals surface area contributed by atoms with Crippen molar-refractivity contribution in [1.82, 2.24) is 20.1 Å². The van der Waals surface area contributed by atoms with Gasteiger partial charge in [0.1, 0.15) is 12.1 Å². The van der Waals surface area contributed by atoms with Crippen LogP contribution in [0.25, 0.3) is 5.69 Å². The first-order chi connectivity index (χ1) is 13.6. The largest absolute Gasteiger partial charge is 0.493 e. The minimum atomic E-state index is -0.0693. The molecule has 4 rings (SSSR count). The maximum Gasteiger partial charge on any atom is 0.230 e. The van der Waals surface area contributed by atoms with E-state index >= 15 is 0 Å². The van der Waals surface area contributed by atoms with E-state index in [9.17, 15) is 4.79 Å². The summed E-state index contributed by atoms with van der Waals surface area (Å²) < 4.78 is 8.44. The molecule has 1 unspecified atom stereocenters. The van der Waals surface area contributed by atoms with E-state index in [0.717, 1.165) is 27.9 Å². The second-order valence-corrected chi connectivity index (χ2v) is 8.49. The van der Waals surface area contributed by atoms with Crippen LogP contribution >= 0.6 is 39.3 Å². The van der Waals surface area contributed by atoms with Crippen molar-refractivity contribution >= 4 is 45.2 Å². The Hall–Kier alpha value is -2.03. The van der Waals surface area contributed by atoms with Gasteiger partial charge < -0.3 is 10.1 Å². The van der Waals surface area contributed by atoms with E-state index in [0.29, 0.717) is 16.8 Å². The van der Waals surface area contributed by atoms with Crippen molar-refractivity contribution in [1.29, 1.82) is 0 Å². The van der Waals surface area contributed by atoms with E-state index in [2.05, 4.69) is 31.4 Å². The summed E-state index contributed by atoms with van der Waals surface area (Å²) in [5.74, 6) is 0.983. The van der Waals surface area contributed by atoms with Crippen LogP contribution in [-0.2, 0) is 4.79 Å². The van der Waals surface area contributed by atoms with Crippen molar-refractivity contribution in [3.63, 3.8) is 0 Å². The second kappa shape index (κ2) is 8.55. The fourth-order valence-electron chi connectivity index (χ4n) is 3.01. The van der Waals surface area contributed by atoms with Crippen molar-refractivity contribution in [2.45, 2.75) is 17.6 Å². The number of carbonyl (C=O) groups is 1. The van der Waals surface area contributed by atoms with Gasteiger partial charge in [-0.1, -0.05) is 45.4 Å². The van der Waals surface area contributed by atoms with E-state index in [1.54, 1.807) is 12.4 Å². The highest BCUT2D eigenvalue weighted by molar-refractivity contribution is 9.10. The van der Waals surface area contributed by atoms with Gasteiger partial charge >= 0.3 is 0 Å². The molecule has 0 radical (unpaired) electrons. The number of benzene rings is 2. The number of rotatable bonds is 5. The third-order valence-electron chi connectivity index (χ3n) is 4.28. The van der Waals surface area contributed by atoms with Gasteiger partial charge in [-0.25, -0.2) is 0 Å². The molecule has 0 aliphatic carbocycles. The average molecular weight is 480 g/mol. The van der Waals surface area contributed by atoms with E-state index in [-0.39, 0.29) is 17.7 Å². The molecule has 3 aromatic rings. The van der Waals surface area contributed by atoms with Gasteiger partial charge in [0.05, 0.1) is 24.1 Å².